The summed E-state index contributed by atoms with van der Waals surface area (Å²) >= 11 is 0. The molecular formula is C19H21N5O3. The van der Waals surface area contributed by atoms with E-state index in [4.69, 9.17) is 4.52 Å². The molecule has 8 heteroatoms. The molecule has 0 radical (unpaired) electrons. The number of nitrogens with one attached hydrogen (secondary N) is 1. The molecule has 3 aromatic rings. The molecule has 0 bridgehead atoms. The highest BCUT2D eigenvalue weighted by molar-refractivity contribution is 5.92. The zero-order chi connectivity index (χ0) is 19.0. The zero-order valence-electron chi connectivity index (χ0n) is 15.3. The fraction of sp³-hybridized carbons (Fsp3) is 0.368. The lowest BCUT2D eigenvalue weighted by Gasteiger charge is -2.14. The monoisotopic (exact) mass is 367 g/mol. The second kappa shape index (κ2) is 6.96. The second-order valence-corrected chi connectivity index (χ2v) is 6.62. The molecule has 2 N–H and O–H groups in total. The number of imidazole rings is 1. The third kappa shape index (κ3) is 3.12. The van der Waals surface area contributed by atoms with Gasteiger partial charge in [0.15, 0.2) is 0 Å². The van der Waals surface area contributed by atoms with E-state index in [-0.39, 0.29) is 18.6 Å². The van der Waals surface area contributed by atoms with Crippen LogP contribution in [0.3, 0.4) is 0 Å². The molecule has 4 rings (SSSR count). The molecule has 1 aliphatic carbocycles. The Morgan fingerprint density at radius 2 is 2.30 bits per heavy atom. The van der Waals surface area contributed by atoms with Crippen LogP contribution in [0.15, 0.2) is 28.9 Å². The molecule has 0 aliphatic heterocycles. The largest absolute Gasteiger partial charge is 0.388 e. The van der Waals surface area contributed by atoms with Crippen molar-refractivity contribution in [2.45, 2.75) is 38.8 Å². The van der Waals surface area contributed by atoms with Gasteiger partial charge in [0, 0.05) is 19.0 Å². The smallest absolute Gasteiger partial charge is 0.270 e. The molecule has 0 saturated carbocycles. The lowest BCUT2D eigenvalue weighted by atomic mass is 10.0. The van der Waals surface area contributed by atoms with E-state index in [1.807, 2.05) is 19.1 Å². The first-order valence-electron chi connectivity index (χ1n) is 8.98. The van der Waals surface area contributed by atoms with Crippen molar-refractivity contribution >= 4 is 5.91 Å². The molecule has 2 heterocycles. The highest BCUT2D eigenvalue weighted by atomic mass is 16.5. The van der Waals surface area contributed by atoms with Crippen molar-refractivity contribution in [3.63, 3.8) is 0 Å². The summed E-state index contributed by atoms with van der Waals surface area (Å²) in [7, 11) is 1.72. The van der Waals surface area contributed by atoms with Crippen molar-refractivity contribution in [1.82, 2.24) is 25.0 Å². The Morgan fingerprint density at radius 1 is 1.44 bits per heavy atom. The van der Waals surface area contributed by atoms with Crippen LogP contribution in [0.1, 0.15) is 52.7 Å². The first kappa shape index (κ1) is 17.4. The van der Waals surface area contributed by atoms with Gasteiger partial charge in [-0.2, -0.15) is 4.98 Å². The summed E-state index contributed by atoms with van der Waals surface area (Å²) in [6.45, 7) is 1.77. The summed E-state index contributed by atoms with van der Waals surface area (Å²) in [5, 5.41) is 16.3. The highest BCUT2D eigenvalue weighted by Crippen LogP contribution is 2.34. The average Bonchev–Trinajstić information content (AvgIpc) is 3.39. The van der Waals surface area contributed by atoms with Crippen molar-refractivity contribution in [1.29, 1.82) is 0 Å². The van der Waals surface area contributed by atoms with Crippen LogP contribution in [0, 0.1) is 0 Å². The van der Waals surface area contributed by atoms with E-state index >= 15 is 0 Å². The molecule has 140 valence electrons. The van der Waals surface area contributed by atoms with Crippen LogP contribution in [0.4, 0.5) is 0 Å². The van der Waals surface area contributed by atoms with Crippen LogP contribution in [-0.2, 0) is 26.5 Å². The van der Waals surface area contributed by atoms with Crippen molar-refractivity contribution in [3.05, 3.63) is 52.9 Å². The van der Waals surface area contributed by atoms with Gasteiger partial charge in [0.1, 0.15) is 18.1 Å². The summed E-state index contributed by atoms with van der Waals surface area (Å²) in [5.41, 5.74) is 3.64. The van der Waals surface area contributed by atoms with E-state index in [1.54, 1.807) is 11.6 Å². The van der Waals surface area contributed by atoms with Gasteiger partial charge in [0.25, 0.3) is 5.91 Å². The minimum Gasteiger partial charge on any atom is -0.388 e. The Morgan fingerprint density at radius 3 is 3.00 bits per heavy atom. The Labute approximate surface area is 156 Å². The summed E-state index contributed by atoms with van der Waals surface area (Å²) in [6, 6.07) is 6.00. The van der Waals surface area contributed by atoms with Gasteiger partial charge < -0.3 is 19.5 Å². The summed E-state index contributed by atoms with van der Waals surface area (Å²) < 4.78 is 6.80. The number of aliphatic hydroxyl groups is 1. The number of rotatable bonds is 5. The van der Waals surface area contributed by atoms with Gasteiger partial charge in [-0.05, 0) is 30.0 Å². The van der Waals surface area contributed by atoms with Gasteiger partial charge in [-0.25, -0.2) is 4.98 Å². The standard InChI is InChI=1S/C19H21N5O3/c1-3-17-22-18(23-27-17)12-4-6-13-11(8-12)5-7-14(13)21-19(26)15-9-20-16(10-25)24(15)2/h4,6,8-9,14,25H,3,5,7,10H2,1-2H3,(H,21,26). The molecule has 8 nitrogen and oxygen atoms in total. The van der Waals surface area contributed by atoms with Crippen LogP contribution in [0.25, 0.3) is 11.4 Å². The number of aromatic nitrogens is 4. The van der Waals surface area contributed by atoms with Crippen LogP contribution >= 0.6 is 0 Å². The molecule has 0 spiro atoms. The van der Waals surface area contributed by atoms with E-state index in [0.29, 0.717) is 29.7 Å². The molecule has 1 atom stereocenters. The Hall–Kier alpha value is -3.00. The maximum absolute atomic E-state index is 12.6. The van der Waals surface area contributed by atoms with E-state index in [2.05, 4.69) is 26.5 Å². The number of carbonyl (C=O) groups is 1. The second-order valence-electron chi connectivity index (χ2n) is 6.62. The van der Waals surface area contributed by atoms with E-state index in [1.165, 1.54) is 11.8 Å². The maximum Gasteiger partial charge on any atom is 0.270 e. The summed E-state index contributed by atoms with van der Waals surface area (Å²) in [4.78, 5) is 21.0. The number of carbonyl (C=O) groups excluding carboxylic acids is 1. The number of fused-ring (bicyclic) bond motifs is 1. The fourth-order valence-corrected chi connectivity index (χ4v) is 3.46. The molecule has 0 fully saturated rings. The number of hydrogen-bond donors (Lipinski definition) is 2. The zero-order valence-corrected chi connectivity index (χ0v) is 15.3. The molecule has 1 aliphatic rings. The van der Waals surface area contributed by atoms with Crippen LogP contribution in [0.5, 0.6) is 0 Å². The van der Waals surface area contributed by atoms with Gasteiger partial charge in [-0.15, -0.1) is 0 Å². The molecule has 2 aromatic heterocycles. The van der Waals surface area contributed by atoms with Crippen molar-refractivity contribution in [2.24, 2.45) is 7.05 Å². The minimum atomic E-state index is -0.200. The molecule has 27 heavy (non-hydrogen) atoms. The maximum atomic E-state index is 12.6. The van der Waals surface area contributed by atoms with E-state index in [0.717, 1.165) is 24.0 Å². The first-order valence-corrected chi connectivity index (χ1v) is 8.98. The molecule has 0 saturated heterocycles. The number of hydrogen-bond acceptors (Lipinski definition) is 6. The van der Waals surface area contributed by atoms with Crippen LogP contribution in [-0.4, -0.2) is 30.7 Å². The number of benzene rings is 1. The van der Waals surface area contributed by atoms with Gasteiger partial charge >= 0.3 is 0 Å². The quantitative estimate of drug-likeness (QED) is 0.714. The normalized spacial score (nSPS) is 15.7. The Balaban J connectivity index is 1.53. The summed E-state index contributed by atoms with van der Waals surface area (Å²) in [5.74, 6) is 1.48. The van der Waals surface area contributed by atoms with Gasteiger partial charge in [0.2, 0.25) is 11.7 Å². The van der Waals surface area contributed by atoms with Crippen molar-refractivity contribution in [2.75, 3.05) is 0 Å². The average molecular weight is 367 g/mol. The molecule has 1 amide bonds. The Kier molecular flexibility index (Phi) is 4.49. The molecule has 1 unspecified atom stereocenters. The predicted octanol–water partition coefficient (Wildman–Crippen LogP) is 1.94. The number of amides is 1. The van der Waals surface area contributed by atoms with Crippen molar-refractivity contribution in [3.8, 4) is 11.4 Å². The lowest BCUT2D eigenvalue weighted by molar-refractivity contribution is 0.0928. The molecular weight excluding hydrogens is 346 g/mol. The highest BCUT2D eigenvalue weighted by Gasteiger charge is 2.26. The van der Waals surface area contributed by atoms with E-state index < -0.39 is 0 Å². The Bertz CT molecular complexity index is 991. The SMILES string of the molecule is CCc1nc(-c2ccc3c(c2)CCC3NC(=O)c2cnc(CO)n2C)no1. The van der Waals surface area contributed by atoms with E-state index in [9.17, 15) is 9.90 Å². The third-order valence-corrected chi connectivity index (χ3v) is 5.01. The summed E-state index contributed by atoms with van der Waals surface area (Å²) in [6.07, 6.45) is 3.90. The lowest BCUT2D eigenvalue weighted by Crippen LogP contribution is -2.28. The van der Waals surface area contributed by atoms with Gasteiger partial charge in [-0.1, -0.05) is 24.2 Å². The third-order valence-electron chi connectivity index (χ3n) is 5.01. The topological polar surface area (TPSA) is 106 Å². The molecule has 1 aromatic carbocycles. The van der Waals surface area contributed by atoms with Crippen molar-refractivity contribution < 1.29 is 14.4 Å². The van der Waals surface area contributed by atoms with Crippen LogP contribution in [0.2, 0.25) is 0 Å². The fourth-order valence-electron chi connectivity index (χ4n) is 3.46. The minimum absolute atomic E-state index is 0.0505. The van der Waals surface area contributed by atoms with Gasteiger partial charge in [-0.3, -0.25) is 4.79 Å². The predicted molar refractivity (Wildman–Crippen MR) is 96.8 cm³/mol. The number of nitrogens with zero attached hydrogens (tertiary/aromatic N) is 4. The first-order chi connectivity index (χ1) is 13.1. The number of aryl methyl sites for hydroxylation is 2. The van der Waals surface area contributed by atoms with Gasteiger partial charge in [0.05, 0.1) is 12.2 Å². The number of aliphatic hydroxyl groups excluding tert-OH is 1. The van der Waals surface area contributed by atoms with Crippen LogP contribution < -0.4 is 5.32 Å².